The SMILES string of the molecule is O=[N+]([O-])c1ccc(C=NNc2ccc(C(F)(F)F)cc2[N+](=O)[O-])cc1. The fourth-order valence-corrected chi connectivity index (χ4v) is 1.81. The standard InChI is InChI=1S/C14H9F3N4O4/c15-14(16,17)10-3-6-12(13(7-10)21(24)25)19-18-8-9-1-4-11(5-2-9)20(22)23/h1-8,19H. The van der Waals surface area contributed by atoms with Crippen molar-refractivity contribution in [3.8, 4) is 0 Å². The van der Waals surface area contributed by atoms with Gasteiger partial charge in [0, 0.05) is 18.2 Å². The zero-order valence-corrected chi connectivity index (χ0v) is 12.2. The molecule has 0 fully saturated rings. The average molecular weight is 354 g/mol. The highest BCUT2D eigenvalue weighted by Gasteiger charge is 2.33. The molecule has 11 heteroatoms. The molecule has 0 aromatic heterocycles. The first-order valence-electron chi connectivity index (χ1n) is 6.57. The number of nitro benzene ring substituents is 2. The highest BCUT2D eigenvalue weighted by molar-refractivity contribution is 5.81. The second-order valence-corrected chi connectivity index (χ2v) is 4.71. The van der Waals surface area contributed by atoms with Gasteiger partial charge in [-0.1, -0.05) is 0 Å². The van der Waals surface area contributed by atoms with Crippen LogP contribution in [-0.2, 0) is 6.18 Å². The average Bonchev–Trinajstić information content (AvgIpc) is 2.54. The third-order valence-corrected chi connectivity index (χ3v) is 3.02. The molecule has 0 aliphatic carbocycles. The molecule has 2 aromatic carbocycles. The molecule has 0 aliphatic rings. The maximum Gasteiger partial charge on any atom is 0.416 e. The van der Waals surface area contributed by atoms with Crippen molar-refractivity contribution in [2.75, 3.05) is 5.43 Å². The molecule has 1 N–H and O–H groups in total. The van der Waals surface area contributed by atoms with Crippen LogP contribution in [0.25, 0.3) is 0 Å². The normalized spacial score (nSPS) is 11.5. The lowest BCUT2D eigenvalue weighted by atomic mass is 10.1. The van der Waals surface area contributed by atoms with Gasteiger partial charge in [-0.15, -0.1) is 0 Å². The predicted molar refractivity (Wildman–Crippen MR) is 82.4 cm³/mol. The largest absolute Gasteiger partial charge is 0.416 e. The molecular formula is C14H9F3N4O4. The van der Waals surface area contributed by atoms with Gasteiger partial charge in [0.15, 0.2) is 0 Å². The number of hydrazone groups is 1. The van der Waals surface area contributed by atoms with E-state index < -0.39 is 27.3 Å². The number of halogens is 3. The number of alkyl halides is 3. The van der Waals surface area contributed by atoms with Gasteiger partial charge in [-0.2, -0.15) is 18.3 Å². The molecular weight excluding hydrogens is 345 g/mol. The summed E-state index contributed by atoms with van der Waals surface area (Å²) in [4.78, 5) is 19.9. The van der Waals surface area contributed by atoms with Crippen LogP contribution in [0.1, 0.15) is 11.1 Å². The zero-order valence-electron chi connectivity index (χ0n) is 12.2. The number of nitrogens with zero attached hydrogens (tertiary/aromatic N) is 3. The van der Waals surface area contributed by atoms with Gasteiger partial charge in [-0.05, 0) is 29.8 Å². The predicted octanol–water partition coefficient (Wildman–Crippen LogP) is 3.97. The van der Waals surface area contributed by atoms with Crippen molar-refractivity contribution in [1.29, 1.82) is 0 Å². The van der Waals surface area contributed by atoms with Crippen LogP contribution in [0, 0.1) is 20.2 Å². The van der Waals surface area contributed by atoms with E-state index in [0.717, 1.165) is 6.07 Å². The summed E-state index contributed by atoms with van der Waals surface area (Å²) in [6, 6.07) is 7.26. The number of nitro groups is 2. The minimum absolute atomic E-state index is 0.122. The third kappa shape index (κ3) is 4.50. The lowest BCUT2D eigenvalue weighted by Gasteiger charge is -2.08. The Morgan fingerprint density at radius 2 is 1.64 bits per heavy atom. The van der Waals surface area contributed by atoms with Crippen molar-refractivity contribution in [2.45, 2.75) is 6.18 Å². The van der Waals surface area contributed by atoms with Crippen LogP contribution in [0.2, 0.25) is 0 Å². The summed E-state index contributed by atoms with van der Waals surface area (Å²) in [5, 5.41) is 25.1. The minimum Gasteiger partial charge on any atom is -0.272 e. The lowest BCUT2D eigenvalue weighted by Crippen LogP contribution is -2.06. The van der Waals surface area contributed by atoms with E-state index in [-0.39, 0.29) is 11.4 Å². The smallest absolute Gasteiger partial charge is 0.272 e. The molecule has 0 radical (unpaired) electrons. The van der Waals surface area contributed by atoms with E-state index in [1.165, 1.54) is 30.5 Å². The van der Waals surface area contributed by atoms with Gasteiger partial charge >= 0.3 is 6.18 Å². The van der Waals surface area contributed by atoms with Gasteiger partial charge in [0.05, 0.1) is 21.6 Å². The number of hydrogen-bond acceptors (Lipinski definition) is 6. The van der Waals surface area contributed by atoms with Gasteiger partial charge in [-0.25, -0.2) is 0 Å². The second-order valence-electron chi connectivity index (χ2n) is 4.71. The summed E-state index contributed by atoms with van der Waals surface area (Å²) in [6.07, 6.45) is -3.49. The Labute approximate surface area is 137 Å². The van der Waals surface area contributed by atoms with Gasteiger partial charge in [-0.3, -0.25) is 25.7 Å². The Kier molecular flexibility index (Phi) is 4.96. The molecule has 0 heterocycles. The van der Waals surface area contributed by atoms with Gasteiger partial charge in [0.1, 0.15) is 5.69 Å². The topological polar surface area (TPSA) is 111 Å². The molecule has 0 bridgehead atoms. The third-order valence-electron chi connectivity index (χ3n) is 3.02. The Hall–Kier alpha value is -3.50. The minimum atomic E-state index is -4.70. The van der Waals surface area contributed by atoms with Crippen LogP contribution < -0.4 is 5.43 Å². The number of hydrogen-bond donors (Lipinski definition) is 1. The van der Waals surface area contributed by atoms with E-state index in [1.54, 1.807) is 0 Å². The van der Waals surface area contributed by atoms with Crippen LogP contribution in [-0.4, -0.2) is 16.1 Å². The van der Waals surface area contributed by atoms with E-state index in [9.17, 15) is 33.4 Å². The Morgan fingerprint density at radius 1 is 1.00 bits per heavy atom. The van der Waals surface area contributed by atoms with Crippen molar-refractivity contribution in [3.63, 3.8) is 0 Å². The van der Waals surface area contributed by atoms with Crippen molar-refractivity contribution in [1.82, 2.24) is 0 Å². The van der Waals surface area contributed by atoms with Gasteiger partial charge in [0.2, 0.25) is 0 Å². The summed E-state index contributed by atoms with van der Waals surface area (Å²) < 4.78 is 37.8. The van der Waals surface area contributed by atoms with Crippen LogP contribution >= 0.6 is 0 Å². The maximum absolute atomic E-state index is 12.6. The van der Waals surface area contributed by atoms with Crippen LogP contribution in [0.15, 0.2) is 47.6 Å². The molecule has 0 saturated heterocycles. The van der Waals surface area contributed by atoms with Crippen molar-refractivity contribution >= 4 is 23.3 Å². The van der Waals surface area contributed by atoms with Crippen LogP contribution in [0.4, 0.5) is 30.2 Å². The lowest BCUT2D eigenvalue weighted by molar-refractivity contribution is -0.384. The van der Waals surface area contributed by atoms with E-state index in [1.807, 2.05) is 0 Å². The number of non-ortho nitro benzene ring substituents is 1. The van der Waals surface area contributed by atoms with Gasteiger partial charge in [0.25, 0.3) is 11.4 Å². The summed E-state index contributed by atoms with van der Waals surface area (Å²) >= 11 is 0. The van der Waals surface area contributed by atoms with E-state index >= 15 is 0 Å². The molecule has 130 valence electrons. The first kappa shape index (κ1) is 17.8. The molecule has 0 saturated carbocycles. The number of anilines is 1. The molecule has 2 aromatic rings. The van der Waals surface area contributed by atoms with Crippen molar-refractivity contribution < 1.29 is 23.0 Å². The summed E-state index contributed by atoms with van der Waals surface area (Å²) in [6.45, 7) is 0. The second kappa shape index (κ2) is 6.95. The molecule has 0 unspecified atom stereocenters. The van der Waals surface area contributed by atoms with Gasteiger partial charge < -0.3 is 0 Å². The first-order valence-corrected chi connectivity index (χ1v) is 6.57. The fraction of sp³-hybridized carbons (Fsp3) is 0.0714. The van der Waals surface area contributed by atoms with E-state index in [2.05, 4.69) is 10.5 Å². The summed E-state index contributed by atoms with van der Waals surface area (Å²) in [5.74, 6) is 0. The highest BCUT2D eigenvalue weighted by atomic mass is 19.4. The quantitative estimate of drug-likeness (QED) is 0.496. The number of nitrogens with one attached hydrogen (secondary N) is 1. The molecule has 0 spiro atoms. The number of rotatable bonds is 5. The summed E-state index contributed by atoms with van der Waals surface area (Å²) in [5.41, 5.74) is 0.459. The van der Waals surface area contributed by atoms with Crippen LogP contribution in [0.5, 0.6) is 0 Å². The van der Waals surface area contributed by atoms with Crippen molar-refractivity contribution in [3.05, 3.63) is 73.8 Å². The monoisotopic (exact) mass is 354 g/mol. The Balaban J connectivity index is 2.19. The summed E-state index contributed by atoms with van der Waals surface area (Å²) in [7, 11) is 0. The molecule has 25 heavy (non-hydrogen) atoms. The molecule has 0 aliphatic heterocycles. The molecule has 0 atom stereocenters. The highest BCUT2D eigenvalue weighted by Crippen LogP contribution is 2.34. The fourth-order valence-electron chi connectivity index (χ4n) is 1.81. The molecule has 8 nitrogen and oxygen atoms in total. The van der Waals surface area contributed by atoms with E-state index in [0.29, 0.717) is 17.7 Å². The van der Waals surface area contributed by atoms with E-state index in [4.69, 9.17) is 0 Å². The Bertz CT molecular complexity index is 835. The van der Waals surface area contributed by atoms with Crippen molar-refractivity contribution in [2.24, 2.45) is 5.10 Å². The zero-order chi connectivity index (χ0) is 18.6. The van der Waals surface area contributed by atoms with Crippen LogP contribution in [0.3, 0.4) is 0 Å². The number of benzene rings is 2. The molecule has 2 rings (SSSR count). The maximum atomic E-state index is 12.6. The first-order chi connectivity index (χ1) is 11.7. The Morgan fingerprint density at radius 3 is 2.16 bits per heavy atom. The molecule has 0 amide bonds.